The monoisotopic (exact) mass is 412 g/mol. The average Bonchev–Trinajstić information content (AvgIpc) is 3.16. The maximum absolute atomic E-state index is 12.6. The molecule has 0 aliphatic carbocycles. The van der Waals surface area contributed by atoms with Crippen LogP contribution >= 0.6 is 11.6 Å². The predicted octanol–water partition coefficient (Wildman–Crippen LogP) is 3.76. The fraction of sp³-hybridized carbons (Fsp3) is 0.389. The minimum absolute atomic E-state index is 0.104. The van der Waals surface area contributed by atoms with Gasteiger partial charge in [-0.3, -0.25) is 4.79 Å². The number of ether oxygens (including phenoxy) is 1. The first kappa shape index (κ1) is 19.7. The lowest BCUT2D eigenvalue weighted by atomic mass is 10.2. The first-order chi connectivity index (χ1) is 12.9. The number of anilines is 1. The molecule has 7 nitrogen and oxygen atoms in total. The van der Waals surface area contributed by atoms with Crippen molar-refractivity contribution in [3.05, 3.63) is 41.1 Å². The molecule has 1 N–H and O–H groups in total. The molecule has 2 heterocycles. The van der Waals surface area contributed by atoms with Crippen LogP contribution in [0.2, 0.25) is 5.02 Å². The van der Waals surface area contributed by atoms with Gasteiger partial charge in [0, 0.05) is 18.1 Å². The van der Waals surface area contributed by atoms with E-state index in [9.17, 15) is 13.2 Å². The van der Waals surface area contributed by atoms with E-state index in [4.69, 9.17) is 20.8 Å². The number of rotatable bonds is 6. The molecule has 1 aromatic heterocycles. The Kier molecular flexibility index (Phi) is 6.08. The van der Waals surface area contributed by atoms with E-state index in [1.165, 1.54) is 16.4 Å². The number of hydrogen-bond acceptors (Lipinski definition) is 5. The van der Waals surface area contributed by atoms with Gasteiger partial charge in [0.1, 0.15) is 5.75 Å². The molecule has 3 rings (SSSR count). The number of sulfonamides is 1. The van der Waals surface area contributed by atoms with Crippen molar-refractivity contribution in [3.8, 4) is 5.75 Å². The van der Waals surface area contributed by atoms with E-state index in [-0.39, 0.29) is 10.9 Å². The minimum atomic E-state index is -3.73. The van der Waals surface area contributed by atoms with Crippen LogP contribution in [0.1, 0.15) is 36.7 Å². The van der Waals surface area contributed by atoms with E-state index >= 15 is 0 Å². The number of hydrogen-bond donors (Lipinski definition) is 1. The molecule has 1 amide bonds. The molecular formula is C18H21ClN2O5S. The second-order valence-electron chi connectivity index (χ2n) is 6.11. The highest BCUT2D eigenvalue weighted by atomic mass is 35.5. The summed E-state index contributed by atoms with van der Waals surface area (Å²) in [4.78, 5) is 12.5. The van der Waals surface area contributed by atoms with E-state index < -0.39 is 15.9 Å². The molecule has 146 valence electrons. The third-order valence-corrected chi connectivity index (χ3v) is 6.21. The third-order valence-electron chi connectivity index (χ3n) is 4.20. The highest BCUT2D eigenvalue weighted by Gasteiger charge is 2.29. The standard InChI is InChI=1S/C18H21ClN2O5S/c1-2-25-15-7-6-13(19)12-14(15)20-18(22)16-8-9-17(26-16)27(23,24)21-10-4-3-5-11-21/h6-9,12H,2-5,10-11H2,1H3,(H,20,22). The topological polar surface area (TPSA) is 88.8 Å². The molecule has 2 aromatic rings. The highest BCUT2D eigenvalue weighted by molar-refractivity contribution is 7.89. The Bertz CT molecular complexity index is 920. The minimum Gasteiger partial charge on any atom is -0.492 e. The van der Waals surface area contributed by atoms with Crippen molar-refractivity contribution >= 4 is 33.2 Å². The van der Waals surface area contributed by atoms with Gasteiger partial charge in [0.15, 0.2) is 5.76 Å². The first-order valence-electron chi connectivity index (χ1n) is 8.75. The maximum atomic E-state index is 12.6. The summed E-state index contributed by atoms with van der Waals surface area (Å²) in [6.45, 7) is 3.17. The molecule has 0 saturated carbocycles. The van der Waals surface area contributed by atoms with Crippen molar-refractivity contribution in [1.82, 2.24) is 4.31 Å². The molecule has 0 spiro atoms. The summed E-state index contributed by atoms with van der Waals surface area (Å²) >= 11 is 5.98. The van der Waals surface area contributed by atoms with Crippen LogP contribution in [0.4, 0.5) is 5.69 Å². The van der Waals surface area contributed by atoms with E-state index in [2.05, 4.69) is 5.32 Å². The van der Waals surface area contributed by atoms with Gasteiger partial charge in [0.2, 0.25) is 5.09 Å². The Morgan fingerprint density at radius 2 is 1.96 bits per heavy atom. The number of nitrogens with one attached hydrogen (secondary N) is 1. The van der Waals surface area contributed by atoms with Crippen LogP contribution in [0.25, 0.3) is 0 Å². The summed E-state index contributed by atoms with van der Waals surface area (Å²) in [6.07, 6.45) is 2.66. The normalized spacial score (nSPS) is 15.5. The van der Waals surface area contributed by atoms with Crippen molar-refractivity contribution < 1.29 is 22.4 Å². The largest absolute Gasteiger partial charge is 0.492 e. The van der Waals surface area contributed by atoms with Gasteiger partial charge in [-0.25, -0.2) is 8.42 Å². The summed E-state index contributed by atoms with van der Waals surface area (Å²) in [6, 6.07) is 7.50. The van der Waals surface area contributed by atoms with Crippen molar-refractivity contribution in [1.29, 1.82) is 0 Å². The molecule has 0 unspecified atom stereocenters. The fourth-order valence-electron chi connectivity index (χ4n) is 2.88. The smallest absolute Gasteiger partial charge is 0.291 e. The number of benzene rings is 1. The van der Waals surface area contributed by atoms with Gasteiger partial charge in [0.05, 0.1) is 12.3 Å². The van der Waals surface area contributed by atoms with Crippen LogP contribution in [-0.4, -0.2) is 38.3 Å². The van der Waals surface area contributed by atoms with Gasteiger partial charge in [0.25, 0.3) is 15.9 Å². The van der Waals surface area contributed by atoms with E-state index in [0.717, 1.165) is 19.3 Å². The van der Waals surface area contributed by atoms with Gasteiger partial charge in [-0.1, -0.05) is 18.0 Å². The van der Waals surface area contributed by atoms with Gasteiger partial charge in [-0.05, 0) is 50.1 Å². The molecule has 1 aromatic carbocycles. The SMILES string of the molecule is CCOc1ccc(Cl)cc1NC(=O)c1ccc(S(=O)(=O)N2CCCCC2)o1. The lowest BCUT2D eigenvalue weighted by molar-refractivity contribution is 0.0991. The quantitative estimate of drug-likeness (QED) is 0.780. The zero-order valence-electron chi connectivity index (χ0n) is 14.9. The lowest BCUT2D eigenvalue weighted by Gasteiger charge is -2.24. The van der Waals surface area contributed by atoms with Crippen LogP contribution in [-0.2, 0) is 10.0 Å². The molecule has 0 atom stereocenters. The number of amides is 1. The van der Waals surface area contributed by atoms with E-state index in [1.54, 1.807) is 18.2 Å². The number of carbonyl (C=O) groups excluding carboxylic acids is 1. The van der Waals surface area contributed by atoms with Gasteiger partial charge in [-0.2, -0.15) is 4.31 Å². The second kappa shape index (κ2) is 8.33. The zero-order valence-corrected chi connectivity index (χ0v) is 16.5. The predicted molar refractivity (Wildman–Crippen MR) is 102 cm³/mol. The van der Waals surface area contributed by atoms with Crippen LogP contribution in [0.3, 0.4) is 0 Å². The Morgan fingerprint density at radius 1 is 1.22 bits per heavy atom. The molecule has 1 aliphatic rings. The molecule has 27 heavy (non-hydrogen) atoms. The Labute approximate surface area is 163 Å². The lowest BCUT2D eigenvalue weighted by Crippen LogP contribution is -2.35. The maximum Gasteiger partial charge on any atom is 0.291 e. The van der Waals surface area contributed by atoms with Crippen molar-refractivity contribution in [2.24, 2.45) is 0 Å². The van der Waals surface area contributed by atoms with E-state index in [1.807, 2.05) is 6.92 Å². The van der Waals surface area contributed by atoms with Gasteiger partial charge >= 0.3 is 0 Å². The van der Waals surface area contributed by atoms with Crippen LogP contribution in [0.15, 0.2) is 39.8 Å². The molecule has 1 fully saturated rings. The summed E-state index contributed by atoms with van der Waals surface area (Å²) in [7, 11) is -3.73. The summed E-state index contributed by atoms with van der Waals surface area (Å²) in [5.41, 5.74) is 0.381. The number of furan rings is 1. The number of carbonyl (C=O) groups is 1. The third kappa shape index (κ3) is 4.45. The Morgan fingerprint density at radius 3 is 2.67 bits per heavy atom. The van der Waals surface area contributed by atoms with Gasteiger partial charge in [-0.15, -0.1) is 0 Å². The van der Waals surface area contributed by atoms with Crippen LogP contribution in [0, 0.1) is 0 Å². The summed E-state index contributed by atoms with van der Waals surface area (Å²) < 4.78 is 37.5. The second-order valence-corrected chi connectivity index (χ2v) is 8.42. The fourth-order valence-corrected chi connectivity index (χ4v) is 4.48. The molecule has 0 bridgehead atoms. The number of nitrogens with zero attached hydrogens (tertiary/aromatic N) is 1. The van der Waals surface area contributed by atoms with Gasteiger partial charge < -0.3 is 14.5 Å². The average molecular weight is 413 g/mol. The molecule has 1 saturated heterocycles. The van der Waals surface area contributed by atoms with Crippen molar-refractivity contribution in [3.63, 3.8) is 0 Å². The number of halogens is 1. The van der Waals surface area contributed by atoms with Crippen molar-refractivity contribution in [2.45, 2.75) is 31.3 Å². The summed E-state index contributed by atoms with van der Waals surface area (Å²) in [5, 5.41) is 2.85. The van der Waals surface area contributed by atoms with E-state index in [0.29, 0.717) is 36.2 Å². The Balaban J connectivity index is 1.78. The Hall–Kier alpha value is -2.03. The van der Waals surface area contributed by atoms with Crippen LogP contribution in [0.5, 0.6) is 5.75 Å². The molecule has 0 radical (unpaired) electrons. The molecule has 1 aliphatic heterocycles. The zero-order chi connectivity index (χ0) is 19.4. The van der Waals surface area contributed by atoms with Crippen LogP contribution < -0.4 is 10.1 Å². The number of piperidine rings is 1. The summed E-state index contributed by atoms with van der Waals surface area (Å²) in [5.74, 6) is -0.228. The van der Waals surface area contributed by atoms with Crippen molar-refractivity contribution in [2.75, 3.05) is 25.0 Å². The molecule has 9 heteroatoms. The first-order valence-corrected chi connectivity index (χ1v) is 10.6. The highest BCUT2D eigenvalue weighted by Crippen LogP contribution is 2.29. The molecular weight excluding hydrogens is 392 g/mol.